The molecule has 9 rings (SSSR count). The predicted octanol–water partition coefficient (Wildman–Crippen LogP) is 8.98. The van der Waals surface area contributed by atoms with E-state index >= 15 is 0 Å². The van der Waals surface area contributed by atoms with Gasteiger partial charge >= 0.3 is 0 Å². The van der Waals surface area contributed by atoms with Crippen LogP contribution in [0.3, 0.4) is 0 Å². The highest BCUT2D eigenvalue weighted by atomic mass is 15.0. The summed E-state index contributed by atoms with van der Waals surface area (Å²) in [5.41, 5.74) is 8.75. The summed E-state index contributed by atoms with van der Waals surface area (Å²) in [7, 11) is 0. The first-order chi connectivity index (χ1) is 19.8. The fourth-order valence-corrected chi connectivity index (χ4v) is 6.47. The van der Waals surface area contributed by atoms with Crippen LogP contribution in [-0.4, -0.2) is 19.1 Å². The van der Waals surface area contributed by atoms with Gasteiger partial charge in [-0.15, -0.1) is 0 Å². The summed E-state index contributed by atoms with van der Waals surface area (Å²) in [6, 6.07) is 43.7. The molecule has 40 heavy (non-hydrogen) atoms. The van der Waals surface area contributed by atoms with E-state index in [-0.39, 0.29) is 0 Å². The van der Waals surface area contributed by atoms with Crippen LogP contribution in [0.4, 0.5) is 0 Å². The molecular weight excluding hydrogens is 488 g/mol. The van der Waals surface area contributed by atoms with E-state index in [0.717, 1.165) is 22.4 Å². The van der Waals surface area contributed by atoms with Gasteiger partial charge in [0.05, 0.1) is 33.1 Å². The van der Waals surface area contributed by atoms with Crippen LogP contribution in [0.25, 0.3) is 76.8 Å². The number of benzene rings is 6. The zero-order chi connectivity index (χ0) is 26.2. The molecule has 0 atom stereocenters. The average molecular weight is 511 g/mol. The molecule has 0 spiro atoms. The highest BCUT2D eigenvalue weighted by Gasteiger charge is 2.19. The molecule has 0 amide bonds. The molecule has 0 fully saturated rings. The van der Waals surface area contributed by atoms with Crippen LogP contribution in [0.5, 0.6) is 0 Å². The van der Waals surface area contributed by atoms with Crippen LogP contribution >= 0.6 is 0 Å². The standard InChI is InChI=1S/C36H22N4/c1-2-9-24(10-3-1)39-32-13-7-6-12-27(32)28-21-29-35(22-34(28)39)40(25-15-16-30-31(20-25)38-19-18-37-30)33-17-14-23-8-4-5-11-26(23)36(29)33/h1-22H. The van der Waals surface area contributed by atoms with Crippen molar-refractivity contribution in [2.75, 3.05) is 0 Å². The van der Waals surface area contributed by atoms with Crippen LogP contribution in [0.2, 0.25) is 0 Å². The minimum absolute atomic E-state index is 0.885. The van der Waals surface area contributed by atoms with Crippen molar-refractivity contribution in [1.29, 1.82) is 0 Å². The van der Waals surface area contributed by atoms with E-state index < -0.39 is 0 Å². The Hall–Kier alpha value is -5.48. The van der Waals surface area contributed by atoms with Crippen LogP contribution in [0, 0.1) is 0 Å². The van der Waals surface area contributed by atoms with E-state index in [2.05, 4.69) is 140 Å². The van der Waals surface area contributed by atoms with E-state index in [1.807, 2.05) is 0 Å². The van der Waals surface area contributed by atoms with Crippen LogP contribution in [0.15, 0.2) is 134 Å². The third-order valence-corrected chi connectivity index (χ3v) is 8.17. The summed E-state index contributed by atoms with van der Waals surface area (Å²) in [5.74, 6) is 0. The Labute approximate surface area is 229 Å². The van der Waals surface area contributed by atoms with E-state index in [9.17, 15) is 0 Å². The summed E-state index contributed by atoms with van der Waals surface area (Å²) in [6.45, 7) is 0. The largest absolute Gasteiger partial charge is 0.309 e. The molecule has 186 valence electrons. The first-order valence-corrected chi connectivity index (χ1v) is 13.5. The molecule has 0 aliphatic heterocycles. The molecule has 0 bridgehead atoms. The van der Waals surface area contributed by atoms with Crippen molar-refractivity contribution < 1.29 is 0 Å². The minimum Gasteiger partial charge on any atom is -0.309 e. The van der Waals surface area contributed by atoms with Gasteiger partial charge in [-0.05, 0) is 65.4 Å². The summed E-state index contributed by atoms with van der Waals surface area (Å²) in [6.07, 6.45) is 3.50. The van der Waals surface area contributed by atoms with E-state index in [1.165, 1.54) is 54.4 Å². The molecule has 6 aromatic carbocycles. The molecule has 4 heteroatoms. The van der Waals surface area contributed by atoms with Crippen LogP contribution in [-0.2, 0) is 0 Å². The van der Waals surface area contributed by atoms with Crippen molar-refractivity contribution in [2.45, 2.75) is 0 Å². The monoisotopic (exact) mass is 510 g/mol. The number of nitrogens with zero attached hydrogens (tertiary/aromatic N) is 4. The van der Waals surface area contributed by atoms with Gasteiger partial charge in [0, 0.05) is 45.3 Å². The molecule has 4 nitrogen and oxygen atoms in total. The van der Waals surface area contributed by atoms with Crippen molar-refractivity contribution in [3.8, 4) is 11.4 Å². The maximum absolute atomic E-state index is 4.61. The van der Waals surface area contributed by atoms with E-state index in [0.29, 0.717) is 0 Å². The third kappa shape index (κ3) is 2.90. The first kappa shape index (κ1) is 21.5. The topological polar surface area (TPSA) is 35.6 Å². The lowest BCUT2D eigenvalue weighted by molar-refractivity contribution is 1.16. The van der Waals surface area contributed by atoms with Crippen LogP contribution < -0.4 is 0 Å². The van der Waals surface area contributed by atoms with Crippen molar-refractivity contribution in [2.24, 2.45) is 0 Å². The highest BCUT2D eigenvalue weighted by Crippen LogP contribution is 2.41. The van der Waals surface area contributed by atoms with Gasteiger partial charge in [0.25, 0.3) is 0 Å². The normalized spacial score (nSPS) is 12.0. The zero-order valence-corrected chi connectivity index (χ0v) is 21.5. The zero-order valence-electron chi connectivity index (χ0n) is 21.5. The molecular formula is C36H22N4. The average Bonchev–Trinajstić information content (AvgIpc) is 3.52. The Balaban J connectivity index is 1.51. The van der Waals surface area contributed by atoms with Crippen LogP contribution in [0.1, 0.15) is 0 Å². The minimum atomic E-state index is 0.885. The quantitative estimate of drug-likeness (QED) is 0.233. The van der Waals surface area contributed by atoms with Crippen molar-refractivity contribution in [3.05, 3.63) is 134 Å². The lowest BCUT2D eigenvalue weighted by Gasteiger charge is -2.10. The fourth-order valence-electron chi connectivity index (χ4n) is 6.47. The summed E-state index contributed by atoms with van der Waals surface area (Å²) >= 11 is 0. The molecule has 0 saturated carbocycles. The Morgan fingerprint density at radius 2 is 1.12 bits per heavy atom. The van der Waals surface area contributed by atoms with Gasteiger partial charge in [0.15, 0.2) is 0 Å². The SMILES string of the molecule is c1ccc(-n2c3ccccc3c3cc4c5c6ccccc6ccc5n(-c5ccc6nccnc6c5)c4cc32)cc1. The summed E-state index contributed by atoms with van der Waals surface area (Å²) in [4.78, 5) is 9.12. The Kier molecular flexibility index (Phi) is 4.30. The second-order valence-electron chi connectivity index (χ2n) is 10.3. The molecule has 0 radical (unpaired) electrons. The van der Waals surface area contributed by atoms with Gasteiger partial charge in [0.1, 0.15) is 0 Å². The van der Waals surface area contributed by atoms with Gasteiger partial charge in [-0.25, -0.2) is 0 Å². The summed E-state index contributed by atoms with van der Waals surface area (Å²) in [5, 5.41) is 7.52. The second kappa shape index (κ2) is 8.01. The molecule has 0 saturated heterocycles. The van der Waals surface area contributed by atoms with Gasteiger partial charge in [-0.2, -0.15) is 0 Å². The fraction of sp³-hybridized carbons (Fsp3) is 0. The van der Waals surface area contributed by atoms with E-state index in [4.69, 9.17) is 0 Å². The van der Waals surface area contributed by atoms with Gasteiger partial charge in [-0.1, -0.05) is 66.7 Å². The third-order valence-electron chi connectivity index (χ3n) is 8.17. The Morgan fingerprint density at radius 1 is 0.400 bits per heavy atom. The number of aromatic nitrogens is 4. The maximum Gasteiger partial charge on any atom is 0.0907 e. The van der Waals surface area contributed by atoms with Gasteiger partial charge in [0.2, 0.25) is 0 Å². The molecule has 3 heterocycles. The number of fused-ring (bicyclic) bond motifs is 9. The number of para-hydroxylation sites is 2. The molecule has 0 N–H and O–H groups in total. The smallest absolute Gasteiger partial charge is 0.0907 e. The first-order valence-electron chi connectivity index (χ1n) is 13.5. The summed E-state index contributed by atoms with van der Waals surface area (Å²) < 4.78 is 4.77. The number of hydrogen-bond acceptors (Lipinski definition) is 2. The molecule has 0 unspecified atom stereocenters. The van der Waals surface area contributed by atoms with Crippen molar-refractivity contribution in [3.63, 3.8) is 0 Å². The van der Waals surface area contributed by atoms with Crippen molar-refractivity contribution in [1.82, 2.24) is 19.1 Å². The van der Waals surface area contributed by atoms with Gasteiger partial charge in [-0.3, -0.25) is 9.97 Å². The second-order valence-corrected chi connectivity index (χ2v) is 10.3. The number of rotatable bonds is 2. The predicted molar refractivity (Wildman–Crippen MR) is 166 cm³/mol. The van der Waals surface area contributed by atoms with Gasteiger partial charge < -0.3 is 9.13 Å². The molecule has 0 aliphatic rings. The van der Waals surface area contributed by atoms with E-state index in [1.54, 1.807) is 12.4 Å². The lowest BCUT2D eigenvalue weighted by Crippen LogP contribution is -1.96. The number of hydrogen-bond donors (Lipinski definition) is 0. The molecule has 9 aromatic rings. The Bertz CT molecular complexity index is 2430. The lowest BCUT2D eigenvalue weighted by atomic mass is 10.0. The highest BCUT2D eigenvalue weighted by molar-refractivity contribution is 6.25. The van der Waals surface area contributed by atoms with Crippen molar-refractivity contribution >= 4 is 65.4 Å². The Morgan fingerprint density at radius 3 is 2.02 bits per heavy atom. The maximum atomic E-state index is 4.61. The molecule has 0 aliphatic carbocycles. The molecule has 3 aromatic heterocycles.